The molecule has 6 nitrogen and oxygen atoms in total. The summed E-state index contributed by atoms with van der Waals surface area (Å²) in [5.74, 6) is -0.0757. The van der Waals surface area contributed by atoms with Crippen molar-refractivity contribution in [3.8, 4) is 16.3 Å². The van der Waals surface area contributed by atoms with E-state index in [1.54, 1.807) is 6.20 Å². The Bertz CT molecular complexity index is 1250. The molecule has 4 rings (SSSR count). The number of hydrogen-bond acceptors (Lipinski definition) is 5. The molecule has 0 fully saturated rings. The number of aromatic nitrogens is 2. The molecule has 3 heterocycles. The number of rotatable bonds is 9. The van der Waals surface area contributed by atoms with Crippen molar-refractivity contribution >= 4 is 34.5 Å². The van der Waals surface area contributed by atoms with Gasteiger partial charge < -0.3 is 15.8 Å². The molecule has 0 aliphatic heterocycles. The van der Waals surface area contributed by atoms with E-state index in [-0.39, 0.29) is 6.10 Å². The number of benzene rings is 1. The molecule has 0 aliphatic rings. The average Bonchev–Trinajstić information content (AvgIpc) is 3.38. The van der Waals surface area contributed by atoms with Crippen LogP contribution >= 0.6 is 22.9 Å². The predicted molar refractivity (Wildman–Crippen MR) is 130 cm³/mol. The zero-order valence-corrected chi connectivity index (χ0v) is 19.5. The summed E-state index contributed by atoms with van der Waals surface area (Å²) >= 11 is 7.86. The third-order valence-corrected chi connectivity index (χ3v) is 6.77. The first-order valence-electron chi connectivity index (χ1n) is 10.4. The molecule has 0 unspecified atom stereocenters. The molecule has 3 N–H and O–H groups in total. The third-order valence-electron chi connectivity index (χ3n) is 5.29. The summed E-state index contributed by atoms with van der Waals surface area (Å²) < 4.78 is 8.15. The minimum Gasteiger partial charge on any atom is -0.484 e. The number of nitrogens with one attached hydrogen (secondary N) is 1. The summed E-state index contributed by atoms with van der Waals surface area (Å²) in [6.45, 7) is 2.87. The molecule has 3 aromatic heterocycles. The average molecular weight is 469 g/mol. The first-order chi connectivity index (χ1) is 15.5. The fourth-order valence-electron chi connectivity index (χ4n) is 3.65. The van der Waals surface area contributed by atoms with Crippen molar-refractivity contribution in [1.29, 1.82) is 0 Å². The number of fused-ring (bicyclic) bond motifs is 1. The van der Waals surface area contributed by atoms with Gasteiger partial charge in [-0.2, -0.15) is 0 Å². The van der Waals surface area contributed by atoms with E-state index >= 15 is 0 Å². The highest BCUT2D eigenvalue weighted by molar-refractivity contribution is 7.17. The maximum Gasteiger partial charge on any atom is 0.262 e. The van der Waals surface area contributed by atoms with Crippen LogP contribution in [0.25, 0.3) is 16.2 Å². The molecule has 1 aromatic carbocycles. The first-order valence-corrected chi connectivity index (χ1v) is 11.6. The maximum atomic E-state index is 12.1. The van der Waals surface area contributed by atoms with E-state index in [1.807, 2.05) is 61.0 Å². The molecule has 4 aromatic rings. The van der Waals surface area contributed by atoms with E-state index < -0.39 is 5.91 Å². The molecule has 0 spiro atoms. The fourth-order valence-corrected chi connectivity index (χ4v) is 4.96. The quantitative estimate of drug-likeness (QED) is 0.334. The zero-order valence-electron chi connectivity index (χ0n) is 18.0. The van der Waals surface area contributed by atoms with Crippen molar-refractivity contribution in [2.75, 3.05) is 13.6 Å². The number of nitrogens with two attached hydrogens (primary N) is 1. The summed E-state index contributed by atoms with van der Waals surface area (Å²) in [6.07, 6.45) is 5.36. The van der Waals surface area contributed by atoms with Gasteiger partial charge in [-0.1, -0.05) is 29.8 Å². The molecule has 32 heavy (non-hydrogen) atoms. The second kappa shape index (κ2) is 9.73. The van der Waals surface area contributed by atoms with E-state index in [0.29, 0.717) is 15.6 Å². The Kier molecular flexibility index (Phi) is 6.79. The number of imidazole rings is 1. The lowest BCUT2D eigenvalue weighted by Crippen LogP contribution is -2.12. The number of amides is 1. The first kappa shape index (κ1) is 22.3. The van der Waals surface area contributed by atoms with Gasteiger partial charge in [0.15, 0.2) is 0 Å². The number of ether oxygens (including phenoxy) is 1. The minimum absolute atomic E-state index is 0.350. The summed E-state index contributed by atoms with van der Waals surface area (Å²) in [7, 11) is 1.95. The van der Waals surface area contributed by atoms with Crippen LogP contribution in [-0.2, 0) is 6.42 Å². The van der Waals surface area contributed by atoms with Gasteiger partial charge in [-0.25, -0.2) is 4.98 Å². The predicted octanol–water partition coefficient (Wildman–Crippen LogP) is 5.11. The lowest BCUT2D eigenvalue weighted by atomic mass is 10.0. The van der Waals surface area contributed by atoms with Crippen molar-refractivity contribution < 1.29 is 9.53 Å². The normalized spacial score (nSPS) is 12.2. The SMILES string of the molecule is CNCCCc1ccc([C@@H](C)Oc2cc(-c3cnc4ccccn34)sc2C(N)=O)c(Cl)c1. The molecule has 8 heteroatoms. The highest BCUT2D eigenvalue weighted by Crippen LogP contribution is 2.39. The van der Waals surface area contributed by atoms with Crippen LogP contribution in [0.4, 0.5) is 0 Å². The topological polar surface area (TPSA) is 81.7 Å². The smallest absolute Gasteiger partial charge is 0.262 e. The van der Waals surface area contributed by atoms with Crippen molar-refractivity contribution in [2.45, 2.75) is 25.9 Å². The third kappa shape index (κ3) is 4.65. The van der Waals surface area contributed by atoms with Crippen LogP contribution in [0, 0.1) is 0 Å². The van der Waals surface area contributed by atoms with Crippen molar-refractivity contribution in [2.24, 2.45) is 5.73 Å². The Hall–Kier alpha value is -2.87. The Balaban J connectivity index is 1.59. The van der Waals surface area contributed by atoms with Crippen molar-refractivity contribution in [3.05, 3.63) is 75.9 Å². The maximum absolute atomic E-state index is 12.1. The van der Waals surface area contributed by atoms with E-state index in [4.69, 9.17) is 22.1 Å². The van der Waals surface area contributed by atoms with Gasteiger partial charge in [-0.05, 0) is 57.1 Å². The number of hydrogen-bond donors (Lipinski definition) is 2. The molecule has 1 atom stereocenters. The molecular weight excluding hydrogens is 444 g/mol. The molecule has 166 valence electrons. The van der Waals surface area contributed by atoms with Crippen molar-refractivity contribution in [1.82, 2.24) is 14.7 Å². The highest BCUT2D eigenvalue weighted by atomic mass is 35.5. The number of thiophene rings is 1. The molecule has 0 aliphatic carbocycles. The number of nitrogens with zero attached hydrogens (tertiary/aromatic N) is 2. The minimum atomic E-state index is -0.525. The number of halogens is 1. The Morgan fingerprint density at radius 3 is 2.91 bits per heavy atom. The van der Waals surface area contributed by atoms with Gasteiger partial charge in [0.1, 0.15) is 22.4 Å². The highest BCUT2D eigenvalue weighted by Gasteiger charge is 2.21. The molecule has 1 amide bonds. The van der Waals surface area contributed by atoms with Gasteiger partial charge in [0.2, 0.25) is 0 Å². The van der Waals surface area contributed by atoms with Crippen LogP contribution in [0.5, 0.6) is 5.75 Å². The van der Waals surface area contributed by atoms with Crippen LogP contribution in [0.15, 0.2) is 54.9 Å². The number of pyridine rings is 1. The fraction of sp³-hybridized carbons (Fsp3) is 0.250. The van der Waals surface area contributed by atoms with Gasteiger partial charge in [0, 0.05) is 22.8 Å². The largest absolute Gasteiger partial charge is 0.484 e. The van der Waals surface area contributed by atoms with Gasteiger partial charge in [-0.15, -0.1) is 11.3 Å². The zero-order chi connectivity index (χ0) is 22.7. The van der Waals surface area contributed by atoms with Gasteiger partial charge >= 0.3 is 0 Å². The van der Waals surface area contributed by atoms with Gasteiger partial charge in [0.05, 0.1) is 16.8 Å². The van der Waals surface area contributed by atoms with Crippen LogP contribution < -0.4 is 15.8 Å². The summed E-state index contributed by atoms with van der Waals surface area (Å²) in [5, 5.41) is 3.80. The van der Waals surface area contributed by atoms with E-state index in [0.717, 1.165) is 41.2 Å². The Labute approximate surface area is 196 Å². The van der Waals surface area contributed by atoms with Crippen molar-refractivity contribution in [3.63, 3.8) is 0 Å². The van der Waals surface area contributed by atoms with Gasteiger partial charge in [0.25, 0.3) is 5.91 Å². The van der Waals surface area contributed by atoms with Crippen LogP contribution in [-0.4, -0.2) is 28.9 Å². The van der Waals surface area contributed by atoms with Crippen LogP contribution in [0.3, 0.4) is 0 Å². The number of aryl methyl sites for hydroxylation is 1. The Morgan fingerprint density at radius 1 is 1.31 bits per heavy atom. The Morgan fingerprint density at radius 2 is 2.16 bits per heavy atom. The number of carbonyl (C=O) groups excluding carboxylic acids is 1. The van der Waals surface area contributed by atoms with Gasteiger partial charge in [-0.3, -0.25) is 9.20 Å². The summed E-state index contributed by atoms with van der Waals surface area (Å²) in [5.41, 5.74) is 9.40. The van der Waals surface area contributed by atoms with E-state index in [9.17, 15) is 4.79 Å². The summed E-state index contributed by atoms with van der Waals surface area (Å²) in [6, 6.07) is 13.7. The molecule has 0 saturated heterocycles. The second-order valence-corrected chi connectivity index (χ2v) is 9.02. The number of carbonyl (C=O) groups is 1. The van der Waals surface area contributed by atoms with Crippen LogP contribution in [0.2, 0.25) is 5.02 Å². The molecule has 0 bridgehead atoms. The molecule has 0 saturated carbocycles. The standard InChI is InChI=1S/C24H25ClN4O2S/c1-15(17-9-8-16(12-18(17)25)6-5-10-27-2)31-20-13-21(32-23(20)24(26)30)19-14-28-22-7-3-4-11-29(19)22/h3-4,7-9,11-15,27H,5-6,10H2,1-2H3,(H2,26,30)/t15-/m1/s1. The van der Waals surface area contributed by atoms with Crippen LogP contribution in [0.1, 0.15) is 40.2 Å². The number of primary amides is 1. The lowest BCUT2D eigenvalue weighted by molar-refractivity contribution is 0.0998. The monoisotopic (exact) mass is 468 g/mol. The van der Waals surface area contributed by atoms with E-state index in [2.05, 4.69) is 16.4 Å². The summed E-state index contributed by atoms with van der Waals surface area (Å²) in [4.78, 5) is 17.8. The second-order valence-electron chi connectivity index (χ2n) is 7.56. The molecular formula is C24H25ClN4O2S. The van der Waals surface area contributed by atoms with E-state index in [1.165, 1.54) is 16.9 Å². The lowest BCUT2D eigenvalue weighted by Gasteiger charge is -2.17. The molecule has 0 radical (unpaired) electrons.